The van der Waals surface area contributed by atoms with E-state index in [0.717, 1.165) is 18.2 Å². The normalized spacial score (nSPS) is 11.8. The first kappa shape index (κ1) is 17.1. The first-order valence-electron chi connectivity index (χ1n) is 6.60. The Morgan fingerprint density at radius 1 is 1.13 bits per heavy atom. The minimum Gasteiger partial charge on any atom is -0.480 e. The maximum atomic E-state index is 13.2. The van der Waals surface area contributed by atoms with Crippen LogP contribution in [0.25, 0.3) is 0 Å². The van der Waals surface area contributed by atoms with Crippen LogP contribution in [0.5, 0.6) is 0 Å². The molecule has 23 heavy (non-hydrogen) atoms. The van der Waals surface area contributed by atoms with E-state index in [1.807, 2.05) is 0 Å². The molecule has 1 atom stereocenters. The molecule has 0 saturated heterocycles. The molecule has 0 fully saturated rings. The number of halogens is 3. The third kappa shape index (κ3) is 4.35. The number of carboxylic acids is 1. The summed E-state index contributed by atoms with van der Waals surface area (Å²) in [5.41, 5.74) is 0.549. The molecule has 0 aromatic heterocycles. The van der Waals surface area contributed by atoms with Crippen molar-refractivity contribution in [3.8, 4) is 0 Å². The molecule has 0 aliphatic carbocycles. The predicted octanol–water partition coefficient (Wildman–Crippen LogP) is 3.15. The van der Waals surface area contributed by atoms with E-state index in [0.29, 0.717) is 10.0 Å². The Morgan fingerprint density at radius 2 is 1.83 bits per heavy atom. The highest BCUT2D eigenvalue weighted by Gasteiger charge is 2.22. The van der Waals surface area contributed by atoms with Gasteiger partial charge in [-0.2, -0.15) is 0 Å². The zero-order valence-corrected chi connectivity index (χ0v) is 13.3. The number of hydrogen-bond acceptors (Lipinski definition) is 2. The largest absolute Gasteiger partial charge is 0.480 e. The van der Waals surface area contributed by atoms with Gasteiger partial charge in [0.25, 0.3) is 5.91 Å². The van der Waals surface area contributed by atoms with Gasteiger partial charge in [-0.3, -0.25) is 4.79 Å². The average Bonchev–Trinajstić information content (AvgIpc) is 2.51. The van der Waals surface area contributed by atoms with Crippen molar-refractivity contribution >= 4 is 27.8 Å². The highest BCUT2D eigenvalue weighted by Crippen LogP contribution is 2.18. The second-order valence-electron chi connectivity index (χ2n) is 4.79. The molecule has 0 aliphatic heterocycles. The van der Waals surface area contributed by atoms with E-state index in [4.69, 9.17) is 0 Å². The van der Waals surface area contributed by atoms with Gasteiger partial charge >= 0.3 is 5.97 Å². The molecule has 0 unspecified atom stereocenters. The van der Waals surface area contributed by atoms with Crippen molar-refractivity contribution in [1.29, 1.82) is 0 Å². The highest BCUT2D eigenvalue weighted by molar-refractivity contribution is 9.10. The molecule has 1 amide bonds. The zero-order chi connectivity index (χ0) is 17.0. The Kier molecular flexibility index (Phi) is 5.44. The first-order chi connectivity index (χ1) is 10.9. The van der Waals surface area contributed by atoms with Crippen molar-refractivity contribution in [1.82, 2.24) is 5.32 Å². The number of amides is 1. The van der Waals surface area contributed by atoms with Crippen molar-refractivity contribution in [3.05, 3.63) is 69.7 Å². The lowest BCUT2D eigenvalue weighted by molar-refractivity contribution is -0.139. The van der Waals surface area contributed by atoms with Crippen molar-refractivity contribution in [2.24, 2.45) is 0 Å². The Morgan fingerprint density at radius 3 is 2.43 bits per heavy atom. The number of carbonyl (C=O) groups is 2. The molecule has 7 heteroatoms. The van der Waals surface area contributed by atoms with Crippen molar-refractivity contribution < 1.29 is 23.5 Å². The lowest BCUT2D eigenvalue weighted by Gasteiger charge is -2.15. The highest BCUT2D eigenvalue weighted by atomic mass is 79.9. The van der Waals surface area contributed by atoms with Gasteiger partial charge in [-0.25, -0.2) is 13.6 Å². The lowest BCUT2D eigenvalue weighted by Crippen LogP contribution is -2.42. The summed E-state index contributed by atoms with van der Waals surface area (Å²) < 4.78 is 26.8. The molecule has 0 heterocycles. The van der Waals surface area contributed by atoms with Gasteiger partial charge in [0.1, 0.15) is 6.04 Å². The van der Waals surface area contributed by atoms with Crippen LogP contribution in [0.4, 0.5) is 8.78 Å². The number of carbonyl (C=O) groups excluding carboxylic acids is 1. The summed E-state index contributed by atoms with van der Waals surface area (Å²) >= 11 is 3.31. The molecule has 0 bridgehead atoms. The summed E-state index contributed by atoms with van der Waals surface area (Å²) in [5, 5.41) is 11.6. The fraction of sp³-hybridized carbons (Fsp3) is 0.125. The summed E-state index contributed by atoms with van der Waals surface area (Å²) in [4.78, 5) is 23.4. The quantitative estimate of drug-likeness (QED) is 0.833. The van der Waals surface area contributed by atoms with E-state index in [1.165, 1.54) is 0 Å². The maximum Gasteiger partial charge on any atom is 0.326 e. The SMILES string of the molecule is O=C(N[C@H](Cc1ccccc1Br)C(=O)O)c1ccc(F)c(F)c1. The van der Waals surface area contributed by atoms with Crippen LogP contribution in [-0.4, -0.2) is 23.0 Å². The number of nitrogens with one attached hydrogen (secondary N) is 1. The second-order valence-corrected chi connectivity index (χ2v) is 5.64. The van der Waals surface area contributed by atoms with Crippen molar-refractivity contribution in [2.75, 3.05) is 0 Å². The van der Waals surface area contributed by atoms with Crippen LogP contribution in [0, 0.1) is 11.6 Å². The van der Waals surface area contributed by atoms with Gasteiger partial charge in [0.2, 0.25) is 0 Å². The van der Waals surface area contributed by atoms with Crippen molar-refractivity contribution in [2.45, 2.75) is 12.5 Å². The zero-order valence-electron chi connectivity index (χ0n) is 11.7. The van der Waals surface area contributed by atoms with Gasteiger partial charge in [-0.15, -0.1) is 0 Å². The van der Waals surface area contributed by atoms with Gasteiger partial charge in [-0.05, 0) is 29.8 Å². The monoisotopic (exact) mass is 383 g/mol. The molecule has 4 nitrogen and oxygen atoms in total. The van der Waals surface area contributed by atoms with E-state index in [2.05, 4.69) is 21.2 Å². The number of aliphatic carboxylic acids is 1. The molecule has 2 rings (SSSR count). The molecule has 2 N–H and O–H groups in total. The summed E-state index contributed by atoms with van der Waals surface area (Å²) in [6, 6.07) is 8.43. The molecule has 0 radical (unpaired) electrons. The molecular weight excluding hydrogens is 372 g/mol. The Hall–Kier alpha value is -2.28. The molecule has 2 aromatic rings. The van der Waals surface area contributed by atoms with Crippen LogP contribution in [0.1, 0.15) is 15.9 Å². The average molecular weight is 384 g/mol. The number of hydrogen-bond donors (Lipinski definition) is 2. The number of benzene rings is 2. The minimum atomic E-state index is -1.23. The van der Waals surface area contributed by atoms with E-state index in [-0.39, 0.29) is 12.0 Å². The fourth-order valence-electron chi connectivity index (χ4n) is 1.96. The standard InChI is InChI=1S/C16H12BrF2NO3/c17-11-4-2-1-3-9(11)8-14(16(22)23)20-15(21)10-5-6-12(18)13(19)7-10/h1-7,14H,8H2,(H,20,21)(H,22,23)/t14-/m1/s1. The third-order valence-electron chi connectivity index (χ3n) is 3.17. The Labute approximate surface area is 139 Å². The van der Waals surface area contributed by atoms with Gasteiger partial charge < -0.3 is 10.4 Å². The molecule has 120 valence electrons. The number of carboxylic acid groups (broad SMARTS) is 1. The van der Waals surface area contributed by atoms with Crippen LogP contribution in [-0.2, 0) is 11.2 Å². The summed E-state index contributed by atoms with van der Waals surface area (Å²) in [6.45, 7) is 0. The van der Waals surface area contributed by atoms with E-state index in [1.54, 1.807) is 24.3 Å². The van der Waals surface area contributed by atoms with Crippen LogP contribution in [0.15, 0.2) is 46.9 Å². The van der Waals surface area contributed by atoms with Gasteiger partial charge in [0.15, 0.2) is 11.6 Å². The van der Waals surface area contributed by atoms with Gasteiger partial charge in [-0.1, -0.05) is 34.1 Å². The van der Waals surface area contributed by atoms with Gasteiger partial charge in [0, 0.05) is 16.5 Å². The van der Waals surface area contributed by atoms with Crippen LogP contribution < -0.4 is 5.32 Å². The van der Waals surface area contributed by atoms with Crippen LogP contribution in [0.2, 0.25) is 0 Å². The smallest absolute Gasteiger partial charge is 0.326 e. The van der Waals surface area contributed by atoms with E-state index in [9.17, 15) is 23.5 Å². The fourth-order valence-corrected chi connectivity index (χ4v) is 2.41. The van der Waals surface area contributed by atoms with Gasteiger partial charge in [0.05, 0.1) is 0 Å². The van der Waals surface area contributed by atoms with Crippen LogP contribution in [0.3, 0.4) is 0 Å². The molecular formula is C16H12BrF2NO3. The Bertz CT molecular complexity index is 752. The maximum absolute atomic E-state index is 13.2. The Balaban J connectivity index is 2.16. The predicted molar refractivity (Wildman–Crippen MR) is 83.1 cm³/mol. The van der Waals surface area contributed by atoms with Crippen molar-refractivity contribution in [3.63, 3.8) is 0 Å². The summed E-state index contributed by atoms with van der Waals surface area (Å²) in [5.74, 6) is -4.26. The lowest BCUT2D eigenvalue weighted by atomic mass is 10.1. The van der Waals surface area contributed by atoms with Crippen LogP contribution >= 0.6 is 15.9 Å². The minimum absolute atomic E-state index is 0.0478. The third-order valence-corrected chi connectivity index (χ3v) is 3.94. The van der Waals surface area contributed by atoms with E-state index < -0.39 is 29.6 Å². The molecule has 0 spiro atoms. The topological polar surface area (TPSA) is 66.4 Å². The molecule has 0 aliphatic rings. The first-order valence-corrected chi connectivity index (χ1v) is 7.40. The summed E-state index contributed by atoms with van der Waals surface area (Å²) in [7, 11) is 0. The second kappa shape index (κ2) is 7.32. The van der Waals surface area contributed by atoms with E-state index >= 15 is 0 Å². The molecule has 2 aromatic carbocycles. The summed E-state index contributed by atoms with van der Waals surface area (Å²) in [6.07, 6.45) is 0.0478. The molecule has 0 saturated carbocycles. The number of rotatable bonds is 5.